The number of hydrogen-bond acceptors (Lipinski definition) is 4. The number of amidine groups is 1. The van der Waals surface area contributed by atoms with Crippen molar-refractivity contribution in [1.82, 2.24) is 4.90 Å². The fourth-order valence-electron chi connectivity index (χ4n) is 2.98. The summed E-state index contributed by atoms with van der Waals surface area (Å²) >= 11 is 7.34. The second kappa shape index (κ2) is 7.06. The van der Waals surface area contributed by atoms with E-state index >= 15 is 0 Å². The van der Waals surface area contributed by atoms with E-state index in [4.69, 9.17) is 11.6 Å². The quantitative estimate of drug-likeness (QED) is 0.795. The highest BCUT2D eigenvalue weighted by Gasteiger charge is 2.48. The average Bonchev–Trinajstić information content (AvgIpc) is 2.95. The van der Waals surface area contributed by atoms with E-state index in [1.165, 1.54) is 11.8 Å². The maximum absolute atomic E-state index is 12.0. The van der Waals surface area contributed by atoms with E-state index in [-0.39, 0.29) is 28.7 Å². The molecule has 0 spiro atoms. The second-order valence-corrected chi connectivity index (χ2v) is 9.89. The molecule has 5 nitrogen and oxygen atoms in total. The lowest BCUT2D eigenvalue weighted by Gasteiger charge is -2.24. The second-order valence-electron chi connectivity index (χ2n) is 6.09. The molecule has 1 aromatic carbocycles. The Hall–Kier alpha value is -1.05. The Morgan fingerprint density at radius 3 is 2.71 bits per heavy atom. The molecule has 2 saturated heterocycles. The first-order valence-electron chi connectivity index (χ1n) is 7.87. The number of amides is 1. The summed E-state index contributed by atoms with van der Waals surface area (Å²) in [7, 11) is -3.02. The van der Waals surface area contributed by atoms with Crippen LogP contribution in [-0.2, 0) is 21.2 Å². The minimum atomic E-state index is -3.02. The Morgan fingerprint density at radius 2 is 2.04 bits per heavy atom. The van der Waals surface area contributed by atoms with Crippen LogP contribution in [-0.4, -0.2) is 47.2 Å². The fraction of sp³-hybridized carbons (Fsp3) is 0.500. The standard InChI is InChI=1S/C16H19ClN2O3S2/c1-2-3-15(20)18-16-19(8-11-4-6-12(17)7-5-11)13-9-24(21,22)10-14(13)23-16/h4-7,13-14H,2-3,8-10H2,1H3. The smallest absolute Gasteiger partial charge is 0.248 e. The third-order valence-electron chi connectivity index (χ3n) is 4.13. The zero-order valence-electron chi connectivity index (χ0n) is 13.3. The first-order chi connectivity index (χ1) is 11.4. The maximum atomic E-state index is 12.0. The third kappa shape index (κ3) is 3.95. The van der Waals surface area contributed by atoms with Gasteiger partial charge in [0, 0.05) is 23.2 Å². The molecule has 2 aliphatic heterocycles. The molecule has 0 bridgehead atoms. The highest BCUT2D eigenvalue weighted by Crippen LogP contribution is 2.39. The molecule has 0 aromatic heterocycles. The molecule has 0 N–H and O–H groups in total. The van der Waals surface area contributed by atoms with E-state index in [0.29, 0.717) is 23.2 Å². The number of hydrogen-bond donors (Lipinski definition) is 0. The summed E-state index contributed by atoms with van der Waals surface area (Å²) in [4.78, 5) is 18.1. The molecule has 0 radical (unpaired) electrons. The van der Waals surface area contributed by atoms with Crippen molar-refractivity contribution >= 4 is 44.3 Å². The third-order valence-corrected chi connectivity index (χ3v) is 7.62. The van der Waals surface area contributed by atoms with E-state index in [1.54, 1.807) is 0 Å². The summed E-state index contributed by atoms with van der Waals surface area (Å²) in [5.41, 5.74) is 1.01. The van der Waals surface area contributed by atoms with Crippen molar-refractivity contribution in [3.8, 4) is 0 Å². The number of halogens is 1. The molecule has 3 rings (SSSR count). The van der Waals surface area contributed by atoms with Crippen LogP contribution in [0.2, 0.25) is 5.02 Å². The number of thioether (sulfide) groups is 1. The highest BCUT2D eigenvalue weighted by atomic mass is 35.5. The molecular weight excluding hydrogens is 368 g/mol. The first-order valence-corrected chi connectivity index (χ1v) is 11.0. The van der Waals surface area contributed by atoms with E-state index in [0.717, 1.165) is 12.0 Å². The van der Waals surface area contributed by atoms with Gasteiger partial charge in [-0.05, 0) is 24.1 Å². The van der Waals surface area contributed by atoms with E-state index in [9.17, 15) is 13.2 Å². The van der Waals surface area contributed by atoms with Crippen molar-refractivity contribution in [1.29, 1.82) is 0 Å². The van der Waals surface area contributed by atoms with Crippen LogP contribution >= 0.6 is 23.4 Å². The van der Waals surface area contributed by atoms with Gasteiger partial charge in [-0.15, -0.1) is 0 Å². The van der Waals surface area contributed by atoms with Crippen LogP contribution in [0.15, 0.2) is 29.3 Å². The lowest BCUT2D eigenvalue weighted by molar-refractivity contribution is -0.117. The Kier molecular flexibility index (Phi) is 5.22. The maximum Gasteiger partial charge on any atom is 0.248 e. The average molecular weight is 387 g/mol. The van der Waals surface area contributed by atoms with Crippen molar-refractivity contribution in [3.05, 3.63) is 34.9 Å². The predicted octanol–water partition coefficient (Wildman–Crippen LogP) is 2.74. The van der Waals surface area contributed by atoms with Crippen molar-refractivity contribution in [2.24, 2.45) is 4.99 Å². The normalized spacial score (nSPS) is 26.8. The van der Waals surface area contributed by atoms with Crippen LogP contribution in [0.1, 0.15) is 25.3 Å². The topological polar surface area (TPSA) is 66.8 Å². The monoisotopic (exact) mass is 386 g/mol. The first kappa shape index (κ1) is 17.8. The zero-order valence-corrected chi connectivity index (χ0v) is 15.7. The number of carbonyl (C=O) groups is 1. The summed E-state index contributed by atoms with van der Waals surface area (Å²) in [6, 6.07) is 7.32. The van der Waals surface area contributed by atoms with Crippen molar-refractivity contribution in [2.75, 3.05) is 11.5 Å². The molecule has 2 unspecified atom stereocenters. The molecule has 0 saturated carbocycles. The van der Waals surface area contributed by atoms with E-state index in [2.05, 4.69) is 4.99 Å². The van der Waals surface area contributed by atoms with Gasteiger partial charge in [-0.3, -0.25) is 4.79 Å². The fourth-order valence-corrected chi connectivity index (χ4v) is 7.08. The Bertz CT molecular complexity index is 762. The highest BCUT2D eigenvalue weighted by molar-refractivity contribution is 8.15. The molecule has 1 aromatic rings. The molecule has 2 fully saturated rings. The molecule has 24 heavy (non-hydrogen) atoms. The molecular formula is C16H19ClN2O3S2. The number of nitrogens with zero attached hydrogens (tertiary/aromatic N) is 2. The summed E-state index contributed by atoms with van der Waals surface area (Å²) in [5, 5.41) is 1.26. The number of fused-ring (bicyclic) bond motifs is 1. The van der Waals surface area contributed by atoms with Gasteiger partial charge in [0.25, 0.3) is 0 Å². The molecule has 2 heterocycles. The molecule has 2 aliphatic rings. The lowest BCUT2D eigenvalue weighted by atomic mass is 10.1. The van der Waals surface area contributed by atoms with Gasteiger partial charge < -0.3 is 4.90 Å². The molecule has 0 aliphatic carbocycles. The van der Waals surface area contributed by atoms with Gasteiger partial charge in [0.05, 0.1) is 17.5 Å². The predicted molar refractivity (Wildman–Crippen MR) is 98.2 cm³/mol. The van der Waals surface area contributed by atoms with Crippen LogP contribution in [0.4, 0.5) is 0 Å². The largest absolute Gasteiger partial charge is 0.342 e. The van der Waals surface area contributed by atoms with Gasteiger partial charge >= 0.3 is 0 Å². The molecule has 8 heteroatoms. The minimum Gasteiger partial charge on any atom is -0.342 e. The van der Waals surface area contributed by atoms with Gasteiger partial charge in [-0.25, -0.2) is 8.42 Å². The van der Waals surface area contributed by atoms with E-state index < -0.39 is 9.84 Å². The number of benzene rings is 1. The van der Waals surface area contributed by atoms with Crippen molar-refractivity contribution < 1.29 is 13.2 Å². The molecule has 2 atom stereocenters. The minimum absolute atomic E-state index is 0.0459. The molecule has 130 valence electrons. The van der Waals surface area contributed by atoms with Crippen molar-refractivity contribution in [2.45, 2.75) is 37.6 Å². The van der Waals surface area contributed by atoms with Gasteiger partial charge in [-0.2, -0.15) is 4.99 Å². The van der Waals surface area contributed by atoms with Crippen LogP contribution in [0.5, 0.6) is 0 Å². The van der Waals surface area contributed by atoms with Gasteiger partial charge in [0.1, 0.15) is 0 Å². The SMILES string of the molecule is CCCC(=O)N=C1SC2CS(=O)(=O)CC2N1Cc1ccc(Cl)cc1. The van der Waals surface area contributed by atoms with Crippen LogP contribution in [0, 0.1) is 0 Å². The van der Waals surface area contributed by atoms with Crippen LogP contribution in [0.25, 0.3) is 0 Å². The zero-order chi connectivity index (χ0) is 17.3. The number of aliphatic imine (C=N–C) groups is 1. The van der Waals surface area contributed by atoms with Crippen molar-refractivity contribution in [3.63, 3.8) is 0 Å². The Balaban J connectivity index is 1.86. The number of sulfone groups is 1. The summed E-state index contributed by atoms with van der Waals surface area (Å²) in [5.74, 6) is 0.128. The van der Waals surface area contributed by atoms with Gasteiger partial charge in [0.15, 0.2) is 15.0 Å². The van der Waals surface area contributed by atoms with Gasteiger partial charge in [-0.1, -0.05) is 42.4 Å². The number of rotatable bonds is 4. The van der Waals surface area contributed by atoms with E-state index in [1.807, 2.05) is 36.1 Å². The van der Waals surface area contributed by atoms with Gasteiger partial charge in [0.2, 0.25) is 5.91 Å². The summed E-state index contributed by atoms with van der Waals surface area (Å²) in [6.45, 7) is 2.46. The summed E-state index contributed by atoms with van der Waals surface area (Å²) < 4.78 is 23.9. The number of carbonyl (C=O) groups excluding carboxylic acids is 1. The van der Waals surface area contributed by atoms with Crippen LogP contribution < -0.4 is 0 Å². The lowest BCUT2D eigenvalue weighted by Crippen LogP contribution is -2.37. The molecule has 1 amide bonds. The Labute approximate surface area is 151 Å². The van der Waals surface area contributed by atoms with Crippen LogP contribution in [0.3, 0.4) is 0 Å². The summed E-state index contributed by atoms with van der Waals surface area (Å²) in [6.07, 6.45) is 1.16. The Morgan fingerprint density at radius 1 is 1.33 bits per heavy atom.